The number of anilines is 1. The summed E-state index contributed by atoms with van der Waals surface area (Å²) in [6, 6.07) is 12.8. The monoisotopic (exact) mass is 429 g/mol. The quantitative estimate of drug-likeness (QED) is 0.450. The molecule has 0 saturated carbocycles. The van der Waals surface area contributed by atoms with E-state index in [1.807, 2.05) is 35.8 Å². The summed E-state index contributed by atoms with van der Waals surface area (Å²) < 4.78 is 1.95. The molecule has 0 saturated heterocycles. The average Bonchev–Trinajstić information content (AvgIpc) is 3.08. The van der Waals surface area contributed by atoms with Crippen LogP contribution in [-0.4, -0.2) is 30.4 Å². The predicted octanol–water partition coefficient (Wildman–Crippen LogP) is 3.67. The third-order valence-electron chi connectivity index (χ3n) is 5.10. The number of nitrogens with two attached hydrogens (primary N) is 2. The van der Waals surface area contributed by atoms with Crippen LogP contribution in [-0.2, 0) is 0 Å². The number of halogens is 1. The fraction of sp³-hybridized carbons (Fsp3) is 0.0455. The summed E-state index contributed by atoms with van der Waals surface area (Å²) in [6.45, 7) is 1.87. The van der Waals surface area contributed by atoms with Crippen molar-refractivity contribution in [2.24, 2.45) is 5.73 Å². The van der Waals surface area contributed by atoms with Gasteiger partial charge in [0.2, 0.25) is 5.95 Å². The van der Waals surface area contributed by atoms with E-state index in [-0.39, 0.29) is 5.95 Å². The Morgan fingerprint density at radius 3 is 2.61 bits per heavy atom. The second-order valence-electron chi connectivity index (χ2n) is 7.02. The molecule has 31 heavy (non-hydrogen) atoms. The molecule has 3 heterocycles. The summed E-state index contributed by atoms with van der Waals surface area (Å²) in [4.78, 5) is 29.5. The molecule has 0 unspecified atom stereocenters. The number of carbonyl (C=O) groups excluding carboxylic acids is 1. The van der Waals surface area contributed by atoms with Gasteiger partial charge >= 0.3 is 0 Å². The van der Waals surface area contributed by atoms with Crippen LogP contribution in [0.1, 0.15) is 16.2 Å². The number of amides is 1. The van der Waals surface area contributed by atoms with Gasteiger partial charge in [0, 0.05) is 23.3 Å². The first-order valence-electron chi connectivity index (χ1n) is 9.39. The lowest BCUT2D eigenvalue weighted by Crippen LogP contribution is -2.12. The zero-order valence-corrected chi connectivity index (χ0v) is 17.1. The van der Waals surface area contributed by atoms with Crippen molar-refractivity contribution in [2.45, 2.75) is 6.92 Å². The molecule has 4 N–H and O–H groups in total. The number of carbonyl (C=O) groups is 1. The molecule has 3 aromatic heterocycles. The van der Waals surface area contributed by atoms with E-state index in [1.54, 1.807) is 30.6 Å². The molecule has 0 fully saturated rings. The molecule has 0 radical (unpaired) electrons. The van der Waals surface area contributed by atoms with Crippen molar-refractivity contribution in [3.63, 3.8) is 0 Å². The highest BCUT2D eigenvalue weighted by molar-refractivity contribution is 6.35. The molecule has 0 spiro atoms. The van der Waals surface area contributed by atoms with Crippen molar-refractivity contribution < 1.29 is 4.79 Å². The first-order chi connectivity index (χ1) is 14.9. The number of para-hydroxylation sites is 1. The minimum atomic E-state index is -0.582. The number of benzene rings is 2. The first kappa shape index (κ1) is 19.0. The van der Waals surface area contributed by atoms with Crippen LogP contribution in [0.3, 0.4) is 0 Å². The largest absolute Gasteiger partial charge is 0.368 e. The van der Waals surface area contributed by atoms with Crippen LogP contribution in [0, 0.1) is 6.92 Å². The highest BCUT2D eigenvalue weighted by Gasteiger charge is 2.19. The van der Waals surface area contributed by atoms with Crippen molar-refractivity contribution in [1.29, 1.82) is 0 Å². The van der Waals surface area contributed by atoms with Gasteiger partial charge in [0.25, 0.3) is 5.91 Å². The lowest BCUT2D eigenvalue weighted by Gasteiger charge is -2.12. The van der Waals surface area contributed by atoms with E-state index < -0.39 is 5.91 Å². The topological polar surface area (TPSA) is 126 Å². The van der Waals surface area contributed by atoms with E-state index in [1.165, 1.54) is 0 Å². The van der Waals surface area contributed by atoms with Crippen molar-refractivity contribution >= 4 is 45.4 Å². The molecular formula is C22H16ClN7O. The molecule has 152 valence electrons. The highest BCUT2D eigenvalue weighted by atomic mass is 35.5. The average molecular weight is 430 g/mol. The van der Waals surface area contributed by atoms with Gasteiger partial charge in [-0.05, 0) is 37.3 Å². The highest BCUT2D eigenvalue weighted by Crippen LogP contribution is 2.33. The molecule has 0 atom stereocenters. The second-order valence-corrected chi connectivity index (χ2v) is 7.42. The number of hydrogen-bond acceptors (Lipinski definition) is 6. The molecule has 0 aliphatic carbocycles. The van der Waals surface area contributed by atoms with Gasteiger partial charge in [-0.3, -0.25) is 14.3 Å². The molecule has 2 aromatic carbocycles. The summed E-state index contributed by atoms with van der Waals surface area (Å²) in [6.07, 6.45) is 3.26. The Hall–Kier alpha value is -4.04. The number of nitrogens with zero attached hydrogens (tertiary/aromatic N) is 5. The third kappa shape index (κ3) is 3.04. The number of aromatic nitrogens is 5. The molecule has 9 heteroatoms. The maximum Gasteiger partial charge on any atom is 0.250 e. The van der Waals surface area contributed by atoms with Gasteiger partial charge in [-0.25, -0.2) is 15.0 Å². The number of primary amides is 1. The van der Waals surface area contributed by atoms with Gasteiger partial charge in [-0.15, -0.1) is 0 Å². The molecule has 8 nitrogen and oxygen atoms in total. The molecular weight excluding hydrogens is 414 g/mol. The van der Waals surface area contributed by atoms with Crippen LogP contribution in [0.5, 0.6) is 0 Å². The minimum Gasteiger partial charge on any atom is -0.368 e. The Kier molecular flexibility index (Phi) is 4.30. The van der Waals surface area contributed by atoms with Crippen LogP contribution in [0.2, 0.25) is 5.02 Å². The van der Waals surface area contributed by atoms with Gasteiger partial charge in [0.05, 0.1) is 33.0 Å². The first-order valence-corrected chi connectivity index (χ1v) is 9.77. The minimum absolute atomic E-state index is 0.137. The number of hydrogen-bond donors (Lipinski definition) is 2. The zero-order valence-electron chi connectivity index (χ0n) is 16.4. The van der Waals surface area contributed by atoms with Crippen LogP contribution in [0.25, 0.3) is 38.9 Å². The van der Waals surface area contributed by atoms with Crippen LogP contribution in [0.15, 0.2) is 54.9 Å². The van der Waals surface area contributed by atoms with Crippen LogP contribution < -0.4 is 11.5 Å². The fourth-order valence-corrected chi connectivity index (χ4v) is 4.01. The maximum absolute atomic E-state index is 12.3. The number of aryl methyl sites for hydroxylation is 1. The lowest BCUT2D eigenvalue weighted by atomic mass is 10.0. The van der Waals surface area contributed by atoms with E-state index in [9.17, 15) is 4.79 Å². The van der Waals surface area contributed by atoms with Crippen molar-refractivity contribution in [3.8, 4) is 16.9 Å². The molecule has 0 bridgehead atoms. The summed E-state index contributed by atoms with van der Waals surface area (Å²) in [7, 11) is 0. The smallest absolute Gasteiger partial charge is 0.250 e. The number of nitrogen functional groups attached to an aromatic ring is 1. The zero-order chi connectivity index (χ0) is 21.7. The predicted molar refractivity (Wildman–Crippen MR) is 120 cm³/mol. The SMILES string of the molecule is Cc1nc2c(C(N)=O)cc(-c3ccnc(N)n3)cc2n1-c1ccnc2c(Cl)cccc12. The van der Waals surface area contributed by atoms with Crippen molar-refractivity contribution in [2.75, 3.05) is 5.73 Å². The van der Waals surface area contributed by atoms with E-state index >= 15 is 0 Å². The Bertz CT molecular complexity index is 1510. The Morgan fingerprint density at radius 2 is 1.84 bits per heavy atom. The van der Waals surface area contributed by atoms with Gasteiger partial charge < -0.3 is 11.5 Å². The van der Waals surface area contributed by atoms with Gasteiger partial charge in [0.15, 0.2) is 0 Å². The fourth-order valence-electron chi connectivity index (χ4n) is 3.79. The summed E-state index contributed by atoms with van der Waals surface area (Å²) in [5.41, 5.74) is 15.7. The summed E-state index contributed by atoms with van der Waals surface area (Å²) in [5.74, 6) is 0.239. The number of imidazole rings is 1. The van der Waals surface area contributed by atoms with E-state index in [0.29, 0.717) is 44.2 Å². The van der Waals surface area contributed by atoms with Crippen LogP contribution in [0.4, 0.5) is 5.95 Å². The van der Waals surface area contributed by atoms with E-state index in [0.717, 1.165) is 11.1 Å². The normalized spacial score (nSPS) is 11.3. The second kappa shape index (κ2) is 7.03. The van der Waals surface area contributed by atoms with Gasteiger partial charge in [-0.2, -0.15) is 0 Å². The summed E-state index contributed by atoms with van der Waals surface area (Å²) >= 11 is 6.36. The maximum atomic E-state index is 12.3. The number of rotatable bonds is 3. The van der Waals surface area contributed by atoms with Gasteiger partial charge in [-0.1, -0.05) is 23.7 Å². The Morgan fingerprint density at radius 1 is 1.03 bits per heavy atom. The third-order valence-corrected chi connectivity index (χ3v) is 5.41. The molecule has 1 amide bonds. The van der Waals surface area contributed by atoms with Crippen molar-refractivity contribution in [1.82, 2.24) is 24.5 Å². The van der Waals surface area contributed by atoms with Crippen LogP contribution >= 0.6 is 11.6 Å². The Balaban J connectivity index is 1.88. The number of fused-ring (bicyclic) bond motifs is 2. The lowest BCUT2D eigenvalue weighted by molar-refractivity contribution is 0.100. The molecule has 5 rings (SSSR count). The Labute approximate surface area is 181 Å². The molecule has 0 aliphatic rings. The van der Waals surface area contributed by atoms with E-state index in [4.69, 9.17) is 23.1 Å². The van der Waals surface area contributed by atoms with Crippen molar-refractivity contribution in [3.05, 3.63) is 71.3 Å². The number of pyridine rings is 1. The summed E-state index contributed by atoms with van der Waals surface area (Å²) in [5, 5.41) is 1.41. The van der Waals surface area contributed by atoms with Gasteiger partial charge in [0.1, 0.15) is 11.3 Å². The molecule has 5 aromatic rings. The van der Waals surface area contributed by atoms with E-state index in [2.05, 4.69) is 19.9 Å². The standard InChI is InChI=1S/C22H16ClN7O/c1-11-28-20-14(21(24)31)9-12(16-5-7-27-22(25)29-16)10-18(20)30(11)17-6-8-26-19-13(17)3-2-4-15(19)23/h2-10H,1H3,(H2,24,31)(H2,25,27,29). The molecule has 0 aliphatic heterocycles.